The monoisotopic (exact) mass is 185 g/mol. The molecule has 0 aromatic carbocycles. The molecule has 0 amide bonds. The van der Waals surface area contributed by atoms with Crippen LogP contribution < -0.4 is 5.32 Å². The highest BCUT2D eigenvalue weighted by atomic mass is 32.2. The van der Waals surface area contributed by atoms with E-state index in [-0.39, 0.29) is 0 Å². The van der Waals surface area contributed by atoms with E-state index in [1.54, 1.807) is 0 Å². The van der Waals surface area contributed by atoms with Gasteiger partial charge in [0.15, 0.2) is 0 Å². The molecule has 1 rings (SSSR count). The van der Waals surface area contributed by atoms with Gasteiger partial charge in [-0.3, -0.25) is 0 Å². The fourth-order valence-electron chi connectivity index (χ4n) is 1.35. The molecule has 1 fully saturated rings. The minimum atomic E-state index is 0.931. The van der Waals surface area contributed by atoms with Gasteiger partial charge in [0.2, 0.25) is 0 Å². The molecule has 1 heterocycles. The normalized spacial score (nSPS) is 22.9. The SMILES string of the molecule is C=C(C)CCNCC1CCSC1. The highest BCUT2D eigenvalue weighted by Gasteiger charge is 2.13. The van der Waals surface area contributed by atoms with Crippen molar-refractivity contribution in [1.29, 1.82) is 0 Å². The topological polar surface area (TPSA) is 12.0 Å². The summed E-state index contributed by atoms with van der Waals surface area (Å²) < 4.78 is 0. The van der Waals surface area contributed by atoms with Crippen LogP contribution >= 0.6 is 11.8 Å². The second kappa shape index (κ2) is 5.65. The lowest BCUT2D eigenvalue weighted by Crippen LogP contribution is -2.23. The second-order valence-corrected chi connectivity index (χ2v) is 4.79. The lowest BCUT2D eigenvalue weighted by atomic mass is 10.1. The van der Waals surface area contributed by atoms with Crippen LogP contribution in [-0.4, -0.2) is 24.6 Å². The van der Waals surface area contributed by atoms with E-state index in [9.17, 15) is 0 Å². The minimum Gasteiger partial charge on any atom is -0.316 e. The van der Waals surface area contributed by atoms with Crippen molar-refractivity contribution in [3.8, 4) is 0 Å². The van der Waals surface area contributed by atoms with Crippen molar-refractivity contribution in [3.63, 3.8) is 0 Å². The molecular weight excluding hydrogens is 166 g/mol. The third-order valence-electron chi connectivity index (χ3n) is 2.19. The van der Waals surface area contributed by atoms with Gasteiger partial charge in [-0.15, -0.1) is 6.58 Å². The molecule has 1 nitrogen and oxygen atoms in total. The van der Waals surface area contributed by atoms with Gasteiger partial charge in [-0.1, -0.05) is 5.57 Å². The standard InChI is InChI=1S/C10H19NS/c1-9(2)3-5-11-7-10-4-6-12-8-10/h10-11H,1,3-8H2,2H3. The summed E-state index contributed by atoms with van der Waals surface area (Å²) in [7, 11) is 0. The molecule has 0 spiro atoms. The number of hydrogen-bond acceptors (Lipinski definition) is 2. The van der Waals surface area contributed by atoms with Crippen LogP contribution in [0.25, 0.3) is 0 Å². The van der Waals surface area contributed by atoms with E-state index in [0.29, 0.717) is 0 Å². The fourth-order valence-corrected chi connectivity index (χ4v) is 2.64. The predicted octanol–water partition coefficient (Wildman–Crippen LogP) is 2.30. The molecule has 0 saturated carbocycles. The molecule has 12 heavy (non-hydrogen) atoms. The first-order chi connectivity index (χ1) is 5.79. The average Bonchev–Trinajstić information content (AvgIpc) is 2.49. The zero-order valence-electron chi connectivity index (χ0n) is 7.94. The van der Waals surface area contributed by atoms with Crippen LogP contribution in [-0.2, 0) is 0 Å². The van der Waals surface area contributed by atoms with Gasteiger partial charge in [-0.05, 0) is 50.3 Å². The molecule has 1 saturated heterocycles. The number of hydrogen-bond donors (Lipinski definition) is 1. The fraction of sp³-hybridized carbons (Fsp3) is 0.800. The van der Waals surface area contributed by atoms with E-state index in [1.165, 1.54) is 30.0 Å². The molecule has 1 unspecified atom stereocenters. The quantitative estimate of drug-likeness (QED) is 0.521. The van der Waals surface area contributed by atoms with Gasteiger partial charge in [0, 0.05) is 0 Å². The maximum absolute atomic E-state index is 3.88. The smallest absolute Gasteiger partial charge is 0.00117 e. The first kappa shape index (κ1) is 10.1. The molecule has 1 atom stereocenters. The Morgan fingerprint density at radius 2 is 2.50 bits per heavy atom. The van der Waals surface area contributed by atoms with Crippen LogP contribution in [0.15, 0.2) is 12.2 Å². The first-order valence-electron chi connectivity index (χ1n) is 4.72. The molecule has 70 valence electrons. The number of thioether (sulfide) groups is 1. The number of nitrogens with one attached hydrogen (secondary N) is 1. The van der Waals surface area contributed by atoms with Crippen molar-refractivity contribution in [1.82, 2.24) is 5.32 Å². The molecule has 0 aliphatic carbocycles. The van der Waals surface area contributed by atoms with Crippen molar-refractivity contribution < 1.29 is 0 Å². The van der Waals surface area contributed by atoms with Gasteiger partial charge in [0.25, 0.3) is 0 Å². The Balaban J connectivity index is 1.91. The maximum Gasteiger partial charge on any atom is -0.00117 e. The van der Waals surface area contributed by atoms with Gasteiger partial charge in [-0.25, -0.2) is 0 Å². The Labute approximate surface area is 80.0 Å². The van der Waals surface area contributed by atoms with Crippen LogP contribution in [0.2, 0.25) is 0 Å². The van der Waals surface area contributed by atoms with E-state index in [1.807, 2.05) is 0 Å². The Bertz CT molecular complexity index is 139. The van der Waals surface area contributed by atoms with Crippen LogP contribution in [0, 0.1) is 5.92 Å². The van der Waals surface area contributed by atoms with Gasteiger partial charge in [-0.2, -0.15) is 11.8 Å². The maximum atomic E-state index is 3.88. The summed E-state index contributed by atoms with van der Waals surface area (Å²) in [5.74, 6) is 3.66. The van der Waals surface area contributed by atoms with Crippen molar-refractivity contribution in [2.24, 2.45) is 5.92 Å². The van der Waals surface area contributed by atoms with Crippen molar-refractivity contribution in [3.05, 3.63) is 12.2 Å². The molecule has 1 N–H and O–H groups in total. The number of rotatable bonds is 5. The van der Waals surface area contributed by atoms with Gasteiger partial charge in [0.1, 0.15) is 0 Å². The second-order valence-electron chi connectivity index (χ2n) is 3.64. The molecule has 0 radical (unpaired) electrons. The molecule has 2 heteroatoms. The molecule has 0 bridgehead atoms. The molecular formula is C10H19NS. The molecule has 0 aromatic heterocycles. The van der Waals surface area contributed by atoms with E-state index < -0.39 is 0 Å². The van der Waals surface area contributed by atoms with Gasteiger partial charge in [0.05, 0.1) is 0 Å². The zero-order chi connectivity index (χ0) is 8.81. The summed E-state index contributed by atoms with van der Waals surface area (Å²) in [5, 5.41) is 3.48. The predicted molar refractivity (Wildman–Crippen MR) is 57.7 cm³/mol. The van der Waals surface area contributed by atoms with Crippen molar-refractivity contribution in [2.75, 3.05) is 24.6 Å². The third kappa shape index (κ3) is 4.17. The van der Waals surface area contributed by atoms with Crippen LogP contribution in [0.3, 0.4) is 0 Å². The summed E-state index contributed by atoms with van der Waals surface area (Å²) in [4.78, 5) is 0. The largest absolute Gasteiger partial charge is 0.316 e. The van der Waals surface area contributed by atoms with Crippen LogP contribution in [0.5, 0.6) is 0 Å². The Hall–Kier alpha value is 0.0500. The zero-order valence-corrected chi connectivity index (χ0v) is 8.75. The Morgan fingerprint density at radius 3 is 3.08 bits per heavy atom. The lowest BCUT2D eigenvalue weighted by molar-refractivity contribution is 0.525. The van der Waals surface area contributed by atoms with E-state index in [2.05, 4.69) is 30.6 Å². The minimum absolute atomic E-state index is 0.931. The van der Waals surface area contributed by atoms with Crippen molar-refractivity contribution in [2.45, 2.75) is 19.8 Å². The highest BCUT2D eigenvalue weighted by molar-refractivity contribution is 7.99. The van der Waals surface area contributed by atoms with Crippen LogP contribution in [0.4, 0.5) is 0 Å². The molecule has 0 aromatic rings. The highest BCUT2D eigenvalue weighted by Crippen LogP contribution is 2.22. The summed E-state index contributed by atoms with van der Waals surface area (Å²) >= 11 is 2.09. The van der Waals surface area contributed by atoms with E-state index >= 15 is 0 Å². The Kier molecular flexibility index (Phi) is 4.77. The third-order valence-corrected chi connectivity index (χ3v) is 3.42. The average molecular weight is 185 g/mol. The van der Waals surface area contributed by atoms with E-state index in [0.717, 1.165) is 18.9 Å². The van der Waals surface area contributed by atoms with E-state index in [4.69, 9.17) is 0 Å². The molecule has 1 aliphatic rings. The van der Waals surface area contributed by atoms with Gasteiger partial charge >= 0.3 is 0 Å². The summed E-state index contributed by atoms with van der Waals surface area (Å²) in [5.41, 5.74) is 1.28. The summed E-state index contributed by atoms with van der Waals surface area (Å²) in [6.07, 6.45) is 2.53. The van der Waals surface area contributed by atoms with Crippen LogP contribution in [0.1, 0.15) is 19.8 Å². The Morgan fingerprint density at radius 1 is 1.67 bits per heavy atom. The van der Waals surface area contributed by atoms with Crippen molar-refractivity contribution >= 4 is 11.8 Å². The van der Waals surface area contributed by atoms with Gasteiger partial charge < -0.3 is 5.32 Å². The lowest BCUT2D eigenvalue weighted by Gasteiger charge is -2.09. The first-order valence-corrected chi connectivity index (χ1v) is 5.87. The summed E-state index contributed by atoms with van der Waals surface area (Å²) in [6.45, 7) is 8.29. The molecule has 1 aliphatic heterocycles. The summed E-state index contributed by atoms with van der Waals surface area (Å²) in [6, 6.07) is 0.